The van der Waals surface area contributed by atoms with E-state index >= 15 is 0 Å². The maximum Gasteiger partial charge on any atom is 0.164 e. The summed E-state index contributed by atoms with van der Waals surface area (Å²) in [6.07, 6.45) is 3.12. The minimum Gasteiger partial charge on any atom is -0.294 e. The molecule has 1 aromatic carbocycles. The van der Waals surface area contributed by atoms with Gasteiger partial charge in [0.05, 0.1) is 0 Å². The van der Waals surface area contributed by atoms with E-state index in [-0.39, 0.29) is 10.8 Å². The number of benzene rings is 1. The molecule has 0 saturated heterocycles. The molecule has 0 radical (unpaired) electrons. The van der Waals surface area contributed by atoms with E-state index in [1.165, 1.54) is 28.9 Å². The number of carbonyl (C=O) groups excluding carboxylic acids is 1. The Kier molecular flexibility index (Phi) is 2.87. The van der Waals surface area contributed by atoms with Crippen molar-refractivity contribution in [2.24, 2.45) is 0 Å². The van der Waals surface area contributed by atoms with Gasteiger partial charge in [0.2, 0.25) is 0 Å². The molecule has 1 aliphatic heterocycles. The Morgan fingerprint density at radius 2 is 1.58 bits per heavy atom. The number of ketones is 1. The third-order valence-corrected chi connectivity index (χ3v) is 5.90. The first-order valence-corrected chi connectivity index (χ1v) is 8.15. The summed E-state index contributed by atoms with van der Waals surface area (Å²) < 4.78 is 0. The number of hydrogen-bond acceptors (Lipinski definition) is 2. The van der Waals surface area contributed by atoms with E-state index in [2.05, 4.69) is 39.8 Å². The Labute approximate surface area is 120 Å². The van der Waals surface area contributed by atoms with Crippen LogP contribution < -0.4 is 0 Å². The predicted octanol–water partition coefficient (Wildman–Crippen LogP) is 4.71. The van der Waals surface area contributed by atoms with Crippen molar-refractivity contribution in [1.29, 1.82) is 0 Å². The van der Waals surface area contributed by atoms with Crippen LogP contribution in [0.5, 0.6) is 0 Å². The zero-order valence-electron chi connectivity index (χ0n) is 12.3. The second-order valence-corrected chi connectivity index (χ2v) is 8.32. The van der Waals surface area contributed by atoms with Crippen LogP contribution in [0.3, 0.4) is 0 Å². The second-order valence-electron chi connectivity index (χ2n) is 7.18. The van der Waals surface area contributed by atoms with Crippen molar-refractivity contribution >= 4 is 17.5 Å². The van der Waals surface area contributed by atoms with Crippen LogP contribution in [0.1, 0.15) is 68.4 Å². The van der Waals surface area contributed by atoms with Gasteiger partial charge in [0.15, 0.2) is 5.78 Å². The smallest absolute Gasteiger partial charge is 0.164 e. The highest BCUT2D eigenvalue weighted by Gasteiger charge is 2.38. The molecule has 0 saturated carbocycles. The molecule has 1 heterocycles. The molecule has 3 rings (SSSR count). The minimum atomic E-state index is 0.197. The van der Waals surface area contributed by atoms with Crippen molar-refractivity contribution in [2.75, 3.05) is 5.75 Å². The highest BCUT2D eigenvalue weighted by atomic mass is 32.2. The molecule has 0 atom stereocenters. The van der Waals surface area contributed by atoms with Gasteiger partial charge >= 0.3 is 0 Å². The maximum atomic E-state index is 12.1. The van der Waals surface area contributed by atoms with E-state index in [1.807, 2.05) is 11.8 Å². The molecule has 0 spiro atoms. The number of fused-ring (bicyclic) bond motifs is 2. The molecule has 0 N–H and O–H groups in total. The lowest BCUT2D eigenvalue weighted by atomic mass is 9.63. The van der Waals surface area contributed by atoms with Crippen molar-refractivity contribution in [3.8, 4) is 0 Å². The standard InChI is InChI=1S/C17H22OS/c1-16(2)6-7-17(3,4)13-10-15-11(9-12(13)16)14(18)5-8-19-15/h9-10H,5-8H2,1-4H3. The van der Waals surface area contributed by atoms with Gasteiger partial charge in [-0.15, -0.1) is 11.8 Å². The highest BCUT2D eigenvalue weighted by molar-refractivity contribution is 7.99. The van der Waals surface area contributed by atoms with Crippen molar-refractivity contribution in [3.05, 3.63) is 28.8 Å². The molecule has 1 nitrogen and oxygen atoms in total. The van der Waals surface area contributed by atoms with Gasteiger partial charge in [-0.2, -0.15) is 0 Å². The van der Waals surface area contributed by atoms with Crippen LogP contribution >= 0.6 is 11.8 Å². The van der Waals surface area contributed by atoms with E-state index in [1.54, 1.807) is 0 Å². The van der Waals surface area contributed by atoms with Gasteiger partial charge in [0.1, 0.15) is 0 Å². The summed E-state index contributed by atoms with van der Waals surface area (Å²) in [6, 6.07) is 4.52. The topological polar surface area (TPSA) is 17.1 Å². The summed E-state index contributed by atoms with van der Waals surface area (Å²) in [6.45, 7) is 9.30. The zero-order valence-corrected chi connectivity index (χ0v) is 13.1. The van der Waals surface area contributed by atoms with E-state index in [0.29, 0.717) is 12.2 Å². The van der Waals surface area contributed by atoms with Crippen LogP contribution in [0.25, 0.3) is 0 Å². The van der Waals surface area contributed by atoms with Gasteiger partial charge in [-0.1, -0.05) is 27.7 Å². The Morgan fingerprint density at radius 3 is 2.21 bits per heavy atom. The van der Waals surface area contributed by atoms with Crippen LogP contribution in [0.15, 0.2) is 17.0 Å². The predicted molar refractivity (Wildman–Crippen MR) is 81.4 cm³/mol. The number of hydrogen-bond donors (Lipinski definition) is 0. The molecular weight excluding hydrogens is 252 g/mol. The summed E-state index contributed by atoms with van der Waals surface area (Å²) >= 11 is 1.85. The molecular formula is C17H22OS. The molecule has 2 aliphatic rings. The number of carbonyl (C=O) groups is 1. The van der Waals surface area contributed by atoms with Crippen molar-refractivity contribution in [2.45, 2.75) is 62.7 Å². The second kappa shape index (κ2) is 4.12. The molecule has 1 aromatic rings. The Balaban J connectivity index is 2.25. The van der Waals surface area contributed by atoms with Crippen LogP contribution in [0, 0.1) is 0 Å². The lowest BCUT2D eigenvalue weighted by Gasteiger charge is -2.42. The van der Waals surface area contributed by atoms with Crippen LogP contribution in [-0.2, 0) is 10.8 Å². The molecule has 0 amide bonds. The fourth-order valence-electron chi connectivity index (χ4n) is 3.32. The summed E-state index contributed by atoms with van der Waals surface area (Å²) in [5.41, 5.74) is 4.27. The average Bonchev–Trinajstić information content (AvgIpc) is 2.35. The Morgan fingerprint density at radius 1 is 1.00 bits per heavy atom. The van der Waals surface area contributed by atoms with Crippen LogP contribution in [-0.4, -0.2) is 11.5 Å². The molecule has 0 unspecified atom stereocenters. The lowest BCUT2D eigenvalue weighted by Crippen LogP contribution is -2.34. The SMILES string of the molecule is CC1(C)CCC(C)(C)c2cc3c(cc21)SCCC3=O. The average molecular weight is 274 g/mol. The zero-order chi connectivity index (χ0) is 13.8. The fourth-order valence-corrected chi connectivity index (χ4v) is 4.36. The third kappa shape index (κ3) is 2.05. The summed E-state index contributed by atoms with van der Waals surface area (Å²) in [4.78, 5) is 13.3. The van der Waals surface area contributed by atoms with Gasteiger partial charge in [0, 0.05) is 22.6 Å². The Hall–Kier alpha value is -0.760. The minimum absolute atomic E-state index is 0.197. The maximum absolute atomic E-state index is 12.1. The van der Waals surface area contributed by atoms with E-state index < -0.39 is 0 Å². The largest absolute Gasteiger partial charge is 0.294 e. The van der Waals surface area contributed by atoms with Crippen LogP contribution in [0.2, 0.25) is 0 Å². The number of thioether (sulfide) groups is 1. The first-order valence-electron chi connectivity index (χ1n) is 7.16. The van der Waals surface area contributed by atoms with Crippen molar-refractivity contribution < 1.29 is 4.79 Å². The van der Waals surface area contributed by atoms with Crippen molar-refractivity contribution in [3.63, 3.8) is 0 Å². The van der Waals surface area contributed by atoms with E-state index in [0.717, 1.165) is 11.3 Å². The van der Waals surface area contributed by atoms with Crippen molar-refractivity contribution in [1.82, 2.24) is 0 Å². The van der Waals surface area contributed by atoms with Gasteiger partial charge in [-0.3, -0.25) is 4.79 Å². The van der Waals surface area contributed by atoms with Gasteiger partial charge < -0.3 is 0 Å². The quantitative estimate of drug-likeness (QED) is 0.681. The number of Topliss-reactive ketones (excluding diaryl/α,β-unsaturated/α-hetero) is 1. The summed E-state index contributed by atoms with van der Waals surface area (Å²) in [5.74, 6) is 1.27. The molecule has 2 heteroatoms. The molecule has 0 fully saturated rings. The molecule has 0 aromatic heterocycles. The number of rotatable bonds is 0. The molecule has 19 heavy (non-hydrogen) atoms. The van der Waals surface area contributed by atoms with Crippen LogP contribution in [0.4, 0.5) is 0 Å². The fraction of sp³-hybridized carbons (Fsp3) is 0.588. The third-order valence-electron chi connectivity index (χ3n) is 4.84. The Bertz CT molecular complexity index is 555. The lowest BCUT2D eigenvalue weighted by molar-refractivity contribution is 0.0984. The highest BCUT2D eigenvalue weighted by Crippen LogP contribution is 2.48. The first kappa shape index (κ1) is 13.2. The monoisotopic (exact) mass is 274 g/mol. The first-order chi connectivity index (χ1) is 8.81. The van der Waals surface area contributed by atoms with E-state index in [4.69, 9.17) is 0 Å². The van der Waals surface area contributed by atoms with Gasteiger partial charge in [-0.05, 0) is 46.9 Å². The van der Waals surface area contributed by atoms with E-state index in [9.17, 15) is 4.79 Å². The van der Waals surface area contributed by atoms with Gasteiger partial charge in [-0.25, -0.2) is 0 Å². The summed E-state index contributed by atoms with van der Waals surface area (Å²) in [5, 5.41) is 0. The van der Waals surface area contributed by atoms with Gasteiger partial charge in [0.25, 0.3) is 0 Å². The summed E-state index contributed by atoms with van der Waals surface area (Å²) in [7, 11) is 0. The normalized spacial score (nSPS) is 23.7. The molecule has 0 bridgehead atoms. The molecule has 1 aliphatic carbocycles. The molecule has 102 valence electrons.